The van der Waals surface area contributed by atoms with Crippen LogP contribution in [0.15, 0.2) is 52.1 Å². The van der Waals surface area contributed by atoms with Gasteiger partial charge in [0.1, 0.15) is 4.90 Å². The number of halogens is 2. The predicted octanol–water partition coefficient (Wildman–Crippen LogP) is 3.30. The minimum Gasteiger partial charge on any atom is -0.280 e. The Kier molecular flexibility index (Phi) is 3.89. The van der Waals surface area contributed by atoms with E-state index in [0.717, 1.165) is 0 Å². The fourth-order valence-electron chi connectivity index (χ4n) is 1.31. The summed E-state index contributed by atoms with van der Waals surface area (Å²) in [6, 6.07) is 7.96. The van der Waals surface area contributed by atoms with Gasteiger partial charge >= 0.3 is 0 Å². The maximum absolute atomic E-state index is 12.1. The Labute approximate surface area is 118 Å². The van der Waals surface area contributed by atoms with Gasteiger partial charge in [-0.25, -0.2) is 8.42 Å². The molecule has 0 unspecified atom stereocenters. The molecule has 7 heteroatoms. The van der Waals surface area contributed by atoms with Crippen molar-refractivity contribution in [2.45, 2.75) is 4.90 Å². The van der Waals surface area contributed by atoms with Gasteiger partial charge < -0.3 is 0 Å². The van der Waals surface area contributed by atoms with Crippen molar-refractivity contribution in [2.24, 2.45) is 0 Å². The molecular formula is C11H8BrClN2O2S. The Morgan fingerprint density at radius 3 is 2.67 bits per heavy atom. The van der Waals surface area contributed by atoms with Gasteiger partial charge in [-0.2, -0.15) is 0 Å². The minimum absolute atomic E-state index is 0.0804. The molecule has 0 aliphatic heterocycles. The van der Waals surface area contributed by atoms with E-state index in [1.807, 2.05) is 0 Å². The van der Waals surface area contributed by atoms with Gasteiger partial charge in [-0.05, 0) is 40.2 Å². The number of anilines is 1. The average molecular weight is 348 g/mol. The molecule has 2 aromatic rings. The minimum atomic E-state index is -3.65. The summed E-state index contributed by atoms with van der Waals surface area (Å²) < 4.78 is 27.1. The molecule has 0 aliphatic carbocycles. The molecule has 2 rings (SSSR count). The van der Waals surface area contributed by atoms with Gasteiger partial charge in [-0.3, -0.25) is 9.71 Å². The Balaban J connectivity index is 2.33. The molecule has 94 valence electrons. The smallest absolute Gasteiger partial charge is 0.263 e. The molecule has 0 spiro atoms. The van der Waals surface area contributed by atoms with Crippen LogP contribution in [0.3, 0.4) is 0 Å². The Morgan fingerprint density at radius 1 is 1.22 bits per heavy atom. The van der Waals surface area contributed by atoms with Gasteiger partial charge in [-0.1, -0.05) is 17.7 Å². The monoisotopic (exact) mass is 346 g/mol. The Hall–Kier alpha value is -1.11. The molecule has 1 aromatic heterocycles. The van der Waals surface area contributed by atoms with Crippen molar-refractivity contribution in [1.82, 2.24) is 4.98 Å². The molecule has 0 amide bonds. The van der Waals surface area contributed by atoms with E-state index in [9.17, 15) is 8.42 Å². The summed E-state index contributed by atoms with van der Waals surface area (Å²) in [6.45, 7) is 0. The summed E-state index contributed by atoms with van der Waals surface area (Å²) in [5.74, 6) is 0. The lowest BCUT2D eigenvalue weighted by Gasteiger charge is -2.08. The van der Waals surface area contributed by atoms with E-state index in [1.54, 1.807) is 18.2 Å². The molecule has 0 bridgehead atoms. The third kappa shape index (κ3) is 3.22. The van der Waals surface area contributed by atoms with Crippen LogP contribution in [0.25, 0.3) is 0 Å². The van der Waals surface area contributed by atoms with E-state index in [4.69, 9.17) is 11.6 Å². The summed E-state index contributed by atoms with van der Waals surface area (Å²) in [4.78, 5) is 3.90. The second kappa shape index (κ2) is 5.26. The van der Waals surface area contributed by atoms with E-state index in [0.29, 0.717) is 15.2 Å². The molecular weight excluding hydrogens is 340 g/mol. The molecule has 1 N–H and O–H groups in total. The number of nitrogens with zero attached hydrogens (tertiary/aromatic N) is 1. The molecule has 1 aromatic carbocycles. The first-order chi connectivity index (χ1) is 8.47. The van der Waals surface area contributed by atoms with Crippen LogP contribution in [0.5, 0.6) is 0 Å². The van der Waals surface area contributed by atoms with Crippen molar-refractivity contribution in [3.63, 3.8) is 0 Å². The van der Waals surface area contributed by atoms with E-state index in [-0.39, 0.29) is 4.90 Å². The van der Waals surface area contributed by atoms with Crippen LogP contribution < -0.4 is 4.72 Å². The number of rotatable bonds is 3. The lowest BCUT2D eigenvalue weighted by Crippen LogP contribution is -2.13. The normalized spacial score (nSPS) is 11.2. The van der Waals surface area contributed by atoms with Crippen molar-refractivity contribution in [3.05, 3.63) is 52.2 Å². The highest BCUT2D eigenvalue weighted by Gasteiger charge is 2.14. The third-order valence-corrected chi connectivity index (χ3v) is 4.08. The number of hydrogen-bond acceptors (Lipinski definition) is 3. The van der Waals surface area contributed by atoms with Crippen molar-refractivity contribution in [2.75, 3.05) is 4.72 Å². The molecule has 0 radical (unpaired) electrons. The molecule has 18 heavy (non-hydrogen) atoms. The first-order valence-corrected chi connectivity index (χ1v) is 7.52. The van der Waals surface area contributed by atoms with Gasteiger partial charge in [0.05, 0.1) is 5.69 Å². The summed E-state index contributed by atoms with van der Waals surface area (Å²) in [5.41, 5.74) is 0.405. The zero-order valence-corrected chi connectivity index (χ0v) is 12.1. The van der Waals surface area contributed by atoms with Crippen molar-refractivity contribution in [3.8, 4) is 0 Å². The van der Waals surface area contributed by atoms with E-state index >= 15 is 0 Å². The second-order valence-corrected chi connectivity index (χ2v) is 6.49. The van der Waals surface area contributed by atoms with Gasteiger partial charge in [0.2, 0.25) is 0 Å². The Bertz CT molecular complexity index is 676. The maximum atomic E-state index is 12.1. The number of hydrogen-bond donors (Lipinski definition) is 1. The number of pyridine rings is 1. The number of benzene rings is 1. The summed E-state index contributed by atoms with van der Waals surface area (Å²) in [6.07, 6.45) is 2.79. The van der Waals surface area contributed by atoms with E-state index in [2.05, 4.69) is 25.6 Å². The zero-order valence-electron chi connectivity index (χ0n) is 8.97. The topological polar surface area (TPSA) is 59.1 Å². The number of sulfonamides is 1. The van der Waals surface area contributed by atoms with Crippen LogP contribution in [0.4, 0.5) is 5.69 Å². The van der Waals surface area contributed by atoms with Crippen LogP contribution in [-0.2, 0) is 10.0 Å². The first kappa shape index (κ1) is 13.3. The third-order valence-electron chi connectivity index (χ3n) is 2.07. The van der Waals surface area contributed by atoms with Gasteiger partial charge in [0, 0.05) is 21.9 Å². The molecule has 0 saturated heterocycles. The highest BCUT2D eigenvalue weighted by Crippen LogP contribution is 2.20. The molecule has 0 saturated carbocycles. The summed E-state index contributed by atoms with van der Waals surface area (Å²) in [5, 5.41) is 0.461. The summed E-state index contributed by atoms with van der Waals surface area (Å²) >= 11 is 8.97. The van der Waals surface area contributed by atoms with Crippen LogP contribution in [0, 0.1) is 0 Å². The molecule has 1 heterocycles. The Morgan fingerprint density at radius 2 is 2.00 bits per heavy atom. The SMILES string of the molecule is O=S(=O)(Nc1cccc(Cl)c1)c1cncc(Br)c1. The van der Waals surface area contributed by atoms with E-state index in [1.165, 1.54) is 24.5 Å². The lowest BCUT2D eigenvalue weighted by molar-refractivity contribution is 0.600. The second-order valence-electron chi connectivity index (χ2n) is 3.45. The average Bonchev–Trinajstić information content (AvgIpc) is 2.28. The van der Waals surface area contributed by atoms with Gasteiger partial charge in [0.25, 0.3) is 10.0 Å². The van der Waals surface area contributed by atoms with Crippen LogP contribution in [0.2, 0.25) is 5.02 Å². The fraction of sp³-hybridized carbons (Fsp3) is 0. The van der Waals surface area contributed by atoms with Gasteiger partial charge in [0.15, 0.2) is 0 Å². The van der Waals surface area contributed by atoms with E-state index < -0.39 is 10.0 Å². The quantitative estimate of drug-likeness (QED) is 0.927. The predicted molar refractivity (Wildman–Crippen MR) is 74.2 cm³/mol. The molecule has 0 aliphatic rings. The maximum Gasteiger partial charge on any atom is 0.263 e. The highest BCUT2D eigenvalue weighted by atomic mass is 79.9. The molecule has 4 nitrogen and oxygen atoms in total. The van der Waals surface area contributed by atoms with Crippen LogP contribution >= 0.6 is 27.5 Å². The highest BCUT2D eigenvalue weighted by molar-refractivity contribution is 9.10. The van der Waals surface area contributed by atoms with Crippen molar-refractivity contribution < 1.29 is 8.42 Å². The molecule has 0 atom stereocenters. The van der Waals surface area contributed by atoms with Crippen LogP contribution in [0.1, 0.15) is 0 Å². The molecule has 0 fully saturated rings. The standard InChI is InChI=1S/C11H8BrClN2O2S/c12-8-4-11(7-14-6-8)18(16,17)15-10-3-1-2-9(13)5-10/h1-7,15H. The van der Waals surface area contributed by atoms with Crippen molar-refractivity contribution in [1.29, 1.82) is 0 Å². The van der Waals surface area contributed by atoms with Crippen LogP contribution in [-0.4, -0.2) is 13.4 Å². The fourth-order valence-corrected chi connectivity index (χ4v) is 3.05. The zero-order chi connectivity index (χ0) is 13.2. The largest absolute Gasteiger partial charge is 0.280 e. The first-order valence-electron chi connectivity index (χ1n) is 4.86. The number of aromatic nitrogens is 1. The summed E-state index contributed by atoms with van der Waals surface area (Å²) in [7, 11) is -3.65. The van der Waals surface area contributed by atoms with Crippen molar-refractivity contribution >= 4 is 43.2 Å². The lowest BCUT2D eigenvalue weighted by atomic mass is 10.3. The number of nitrogens with one attached hydrogen (secondary N) is 1. The van der Waals surface area contributed by atoms with Gasteiger partial charge in [-0.15, -0.1) is 0 Å².